The molecule has 3 aromatic heterocycles. The number of rotatable bonds is 6. The van der Waals surface area contributed by atoms with Gasteiger partial charge in [-0.25, -0.2) is 15.0 Å². The number of likely N-dealkylation sites (tertiary alicyclic amines) is 1. The minimum Gasteiger partial charge on any atom is -0.339 e. The molecule has 1 saturated heterocycles. The van der Waals surface area contributed by atoms with Gasteiger partial charge in [-0.2, -0.15) is 5.10 Å². The molecule has 0 spiro atoms. The van der Waals surface area contributed by atoms with E-state index in [-0.39, 0.29) is 5.91 Å². The van der Waals surface area contributed by atoms with Crippen molar-refractivity contribution < 1.29 is 4.79 Å². The molecule has 0 bridgehead atoms. The molecule has 1 aliphatic rings. The molecule has 1 amide bonds. The van der Waals surface area contributed by atoms with E-state index in [1.165, 1.54) is 11.3 Å². The molecule has 29 heavy (non-hydrogen) atoms. The van der Waals surface area contributed by atoms with Crippen LogP contribution in [-0.4, -0.2) is 48.6 Å². The molecule has 1 N–H and O–H groups in total. The molecule has 3 aromatic rings. The maximum atomic E-state index is 12.6. The molecule has 4 heterocycles. The highest BCUT2D eigenvalue weighted by Crippen LogP contribution is 2.22. The van der Waals surface area contributed by atoms with Gasteiger partial charge in [0.2, 0.25) is 5.91 Å². The second-order valence-corrected chi connectivity index (χ2v) is 7.96. The summed E-state index contributed by atoms with van der Waals surface area (Å²) in [5.41, 5.74) is 1.89. The number of nitrogens with one attached hydrogen (secondary N) is 1. The van der Waals surface area contributed by atoms with E-state index in [9.17, 15) is 4.79 Å². The lowest BCUT2D eigenvalue weighted by Gasteiger charge is -2.32. The van der Waals surface area contributed by atoms with Crippen LogP contribution in [0.5, 0.6) is 0 Å². The Morgan fingerprint density at radius 3 is 3.07 bits per heavy atom. The molecule has 0 unspecified atom stereocenters. The third kappa shape index (κ3) is 5.05. The van der Waals surface area contributed by atoms with Crippen LogP contribution in [0, 0.1) is 5.92 Å². The smallest absolute Gasteiger partial charge is 0.246 e. The van der Waals surface area contributed by atoms with Crippen LogP contribution in [0.4, 0.5) is 10.9 Å². The Morgan fingerprint density at radius 2 is 2.28 bits per heavy atom. The van der Waals surface area contributed by atoms with Crippen LogP contribution < -0.4 is 5.32 Å². The van der Waals surface area contributed by atoms with Crippen molar-refractivity contribution in [3.8, 4) is 0 Å². The standard InChI is InChI=1S/C20H23N7OS/c1-26-17(6-7-24-26)4-5-19(28)27-9-2-3-15(13-27)11-16-12-18(23-14-22-16)25-20-21-8-10-29-20/h4-8,10,12,14-15H,2-3,9,11,13H2,1H3,(H,21,22,23,25)/b5-4+/t15-/m1/s1. The number of aromatic nitrogens is 5. The van der Waals surface area contributed by atoms with Crippen LogP contribution in [0.15, 0.2) is 42.3 Å². The predicted molar refractivity (Wildman–Crippen MR) is 113 cm³/mol. The Kier molecular flexibility index (Phi) is 5.95. The van der Waals surface area contributed by atoms with Gasteiger partial charge in [-0.05, 0) is 37.3 Å². The van der Waals surface area contributed by atoms with E-state index in [0.717, 1.165) is 54.7 Å². The molecular weight excluding hydrogens is 386 g/mol. The fraction of sp³-hybridized carbons (Fsp3) is 0.350. The summed E-state index contributed by atoms with van der Waals surface area (Å²) in [6.45, 7) is 1.54. The first-order valence-corrected chi connectivity index (χ1v) is 10.5. The zero-order valence-electron chi connectivity index (χ0n) is 16.2. The summed E-state index contributed by atoms with van der Waals surface area (Å²) in [5, 5.41) is 10.0. The van der Waals surface area contributed by atoms with Crippen molar-refractivity contribution in [1.29, 1.82) is 0 Å². The van der Waals surface area contributed by atoms with Crippen LogP contribution in [0.1, 0.15) is 24.2 Å². The Labute approximate surface area is 173 Å². The van der Waals surface area contributed by atoms with Gasteiger partial charge < -0.3 is 10.2 Å². The topological polar surface area (TPSA) is 88.8 Å². The molecule has 0 saturated carbocycles. The molecule has 1 atom stereocenters. The van der Waals surface area contributed by atoms with E-state index in [1.807, 2.05) is 35.5 Å². The van der Waals surface area contributed by atoms with Crippen molar-refractivity contribution >= 4 is 34.3 Å². The largest absolute Gasteiger partial charge is 0.339 e. The number of hydrogen-bond donors (Lipinski definition) is 1. The number of piperidine rings is 1. The average molecular weight is 410 g/mol. The van der Waals surface area contributed by atoms with Gasteiger partial charge in [0.05, 0.1) is 5.69 Å². The molecule has 150 valence electrons. The molecule has 1 fully saturated rings. The maximum absolute atomic E-state index is 12.6. The first-order chi connectivity index (χ1) is 14.2. The number of anilines is 2. The second-order valence-electron chi connectivity index (χ2n) is 7.07. The monoisotopic (exact) mass is 409 g/mol. The van der Waals surface area contributed by atoms with E-state index in [4.69, 9.17) is 0 Å². The van der Waals surface area contributed by atoms with Crippen molar-refractivity contribution in [2.24, 2.45) is 13.0 Å². The predicted octanol–water partition coefficient (Wildman–Crippen LogP) is 2.90. The van der Waals surface area contributed by atoms with Gasteiger partial charge in [0, 0.05) is 55.7 Å². The molecule has 0 aromatic carbocycles. The van der Waals surface area contributed by atoms with E-state index >= 15 is 0 Å². The summed E-state index contributed by atoms with van der Waals surface area (Å²) in [7, 11) is 1.86. The number of aryl methyl sites for hydroxylation is 1. The lowest BCUT2D eigenvalue weighted by molar-refractivity contribution is -0.127. The molecular formula is C20H23N7OS. The van der Waals surface area contributed by atoms with Crippen LogP contribution in [0.3, 0.4) is 0 Å². The lowest BCUT2D eigenvalue weighted by atomic mass is 9.93. The third-order valence-electron chi connectivity index (χ3n) is 4.98. The van der Waals surface area contributed by atoms with Crippen molar-refractivity contribution in [1.82, 2.24) is 29.6 Å². The van der Waals surface area contributed by atoms with Gasteiger partial charge in [-0.3, -0.25) is 9.48 Å². The minimum absolute atomic E-state index is 0.0460. The van der Waals surface area contributed by atoms with Gasteiger partial charge in [-0.15, -0.1) is 11.3 Å². The molecule has 9 heteroatoms. The molecule has 0 aliphatic carbocycles. The fourth-order valence-electron chi connectivity index (χ4n) is 3.51. The molecule has 8 nitrogen and oxygen atoms in total. The van der Waals surface area contributed by atoms with E-state index in [1.54, 1.807) is 29.5 Å². The SMILES string of the molecule is Cn1nccc1/C=C/C(=O)N1CCC[C@H](Cc2cc(Nc3nccs3)ncn2)C1. The fourth-order valence-corrected chi connectivity index (χ4v) is 4.05. The Balaban J connectivity index is 1.35. The van der Waals surface area contributed by atoms with Gasteiger partial charge in [0.15, 0.2) is 5.13 Å². The lowest BCUT2D eigenvalue weighted by Crippen LogP contribution is -2.39. The number of carbonyl (C=O) groups is 1. The summed E-state index contributed by atoms with van der Waals surface area (Å²) in [6, 6.07) is 3.85. The minimum atomic E-state index is 0.0460. The number of amides is 1. The van der Waals surface area contributed by atoms with E-state index in [2.05, 4.69) is 25.4 Å². The summed E-state index contributed by atoms with van der Waals surface area (Å²) < 4.78 is 1.75. The summed E-state index contributed by atoms with van der Waals surface area (Å²) in [4.78, 5) is 27.4. The number of nitrogens with zero attached hydrogens (tertiary/aromatic N) is 6. The summed E-state index contributed by atoms with van der Waals surface area (Å²) in [6.07, 6.45) is 11.4. The van der Waals surface area contributed by atoms with E-state index in [0.29, 0.717) is 5.92 Å². The van der Waals surface area contributed by atoms with Gasteiger partial charge in [0.25, 0.3) is 0 Å². The normalized spacial score (nSPS) is 17.0. The van der Waals surface area contributed by atoms with Gasteiger partial charge >= 0.3 is 0 Å². The Hall–Kier alpha value is -3.07. The molecule has 0 radical (unpaired) electrons. The first-order valence-electron chi connectivity index (χ1n) is 9.60. The molecule has 1 aliphatic heterocycles. The highest BCUT2D eigenvalue weighted by molar-refractivity contribution is 7.13. The highest BCUT2D eigenvalue weighted by Gasteiger charge is 2.23. The van der Waals surface area contributed by atoms with Crippen molar-refractivity contribution in [2.75, 3.05) is 18.4 Å². The van der Waals surface area contributed by atoms with Crippen molar-refractivity contribution in [3.05, 3.63) is 53.7 Å². The van der Waals surface area contributed by atoms with Crippen molar-refractivity contribution in [3.63, 3.8) is 0 Å². The average Bonchev–Trinajstić information content (AvgIpc) is 3.38. The summed E-state index contributed by atoms with van der Waals surface area (Å²) in [5.74, 6) is 1.18. The Morgan fingerprint density at radius 1 is 1.34 bits per heavy atom. The van der Waals surface area contributed by atoms with Gasteiger partial charge in [0.1, 0.15) is 12.1 Å². The number of thiazole rings is 1. The zero-order chi connectivity index (χ0) is 20.1. The second kappa shape index (κ2) is 8.95. The summed E-state index contributed by atoms with van der Waals surface area (Å²) >= 11 is 1.53. The number of hydrogen-bond acceptors (Lipinski definition) is 7. The highest BCUT2D eigenvalue weighted by atomic mass is 32.1. The van der Waals surface area contributed by atoms with Crippen LogP contribution in [0.2, 0.25) is 0 Å². The quantitative estimate of drug-likeness (QED) is 0.630. The van der Waals surface area contributed by atoms with Crippen LogP contribution >= 0.6 is 11.3 Å². The van der Waals surface area contributed by atoms with Crippen LogP contribution in [0.25, 0.3) is 6.08 Å². The number of carbonyl (C=O) groups excluding carboxylic acids is 1. The third-order valence-corrected chi connectivity index (χ3v) is 5.66. The van der Waals surface area contributed by atoms with E-state index < -0.39 is 0 Å². The molecule has 4 rings (SSSR count). The van der Waals surface area contributed by atoms with Crippen molar-refractivity contribution in [2.45, 2.75) is 19.3 Å². The maximum Gasteiger partial charge on any atom is 0.246 e. The van der Waals surface area contributed by atoms with Crippen LogP contribution in [-0.2, 0) is 18.3 Å². The van der Waals surface area contributed by atoms with Gasteiger partial charge in [-0.1, -0.05) is 0 Å². The first kappa shape index (κ1) is 19.3. The zero-order valence-corrected chi connectivity index (χ0v) is 17.0. The Bertz CT molecular complexity index is 982.